The van der Waals surface area contributed by atoms with Gasteiger partial charge in [0, 0.05) is 13.1 Å². The first-order valence-electron chi connectivity index (χ1n) is 7.18. The Balaban J connectivity index is 2.03. The highest BCUT2D eigenvalue weighted by atomic mass is 16.5. The van der Waals surface area contributed by atoms with Crippen LogP contribution < -0.4 is 14.2 Å². The van der Waals surface area contributed by atoms with Gasteiger partial charge in [-0.05, 0) is 42.4 Å². The maximum atomic E-state index is 5.35. The van der Waals surface area contributed by atoms with Crippen molar-refractivity contribution in [2.75, 3.05) is 28.4 Å². The predicted molar refractivity (Wildman–Crippen MR) is 87.7 cm³/mol. The van der Waals surface area contributed by atoms with Crippen molar-refractivity contribution in [2.45, 2.75) is 13.1 Å². The van der Waals surface area contributed by atoms with Crippen LogP contribution in [0.2, 0.25) is 0 Å². The average molecular weight is 301 g/mol. The van der Waals surface area contributed by atoms with Gasteiger partial charge in [0.2, 0.25) is 0 Å². The van der Waals surface area contributed by atoms with E-state index in [0.717, 1.165) is 30.3 Å². The van der Waals surface area contributed by atoms with E-state index in [4.69, 9.17) is 14.2 Å². The summed E-state index contributed by atoms with van der Waals surface area (Å²) in [5, 5.41) is 0. The summed E-state index contributed by atoms with van der Waals surface area (Å²) in [6, 6.07) is 14.1. The van der Waals surface area contributed by atoms with Gasteiger partial charge in [-0.1, -0.05) is 18.2 Å². The lowest BCUT2D eigenvalue weighted by Gasteiger charge is -2.18. The van der Waals surface area contributed by atoms with Crippen molar-refractivity contribution in [1.29, 1.82) is 0 Å². The highest BCUT2D eigenvalue weighted by molar-refractivity contribution is 5.42. The van der Waals surface area contributed by atoms with Crippen LogP contribution in [0.15, 0.2) is 42.5 Å². The van der Waals surface area contributed by atoms with Crippen molar-refractivity contribution >= 4 is 0 Å². The van der Waals surface area contributed by atoms with Crippen molar-refractivity contribution in [3.05, 3.63) is 53.6 Å². The number of rotatable bonds is 7. The molecular formula is C18H23NO3. The number of ether oxygens (including phenoxy) is 3. The molecule has 0 aromatic heterocycles. The fraction of sp³-hybridized carbons (Fsp3) is 0.333. The lowest BCUT2D eigenvalue weighted by Crippen LogP contribution is -2.17. The van der Waals surface area contributed by atoms with E-state index in [1.165, 1.54) is 11.1 Å². The molecule has 4 nitrogen and oxygen atoms in total. The fourth-order valence-electron chi connectivity index (χ4n) is 2.43. The van der Waals surface area contributed by atoms with E-state index < -0.39 is 0 Å². The average Bonchev–Trinajstić information content (AvgIpc) is 2.54. The molecule has 0 bridgehead atoms. The fourth-order valence-corrected chi connectivity index (χ4v) is 2.43. The Hall–Kier alpha value is -2.20. The first-order valence-corrected chi connectivity index (χ1v) is 7.18. The summed E-state index contributed by atoms with van der Waals surface area (Å²) in [5.74, 6) is 2.40. The first-order chi connectivity index (χ1) is 10.7. The molecule has 22 heavy (non-hydrogen) atoms. The Morgan fingerprint density at radius 3 is 2.09 bits per heavy atom. The zero-order valence-electron chi connectivity index (χ0n) is 13.6. The summed E-state index contributed by atoms with van der Waals surface area (Å²) in [6.45, 7) is 1.68. The van der Waals surface area contributed by atoms with Crippen LogP contribution >= 0.6 is 0 Å². The molecule has 118 valence electrons. The second-order valence-electron chi connectivity index (χ2n) is 5.21. The molecular weight excluding hydrogens is 278 g/mol. The molecule has 0 amide bonds. The van der Waals surface area contributed by atoms with Crippen LogP contribution in [0.25, 0.3) is 0 Å². The second kappa shape index (κ2) is 7.71. The maximum Gasteiger partial charge on any atom is 0.161 e. The van der Waals surface area contributed by atoms with Crippen LogP contribution in [-0.2, 0) is 13.1 Å². The second-order valence-corrected chi connectivity index (χ2v) is 5.21. The van der Waals surface area contributed by atoms with Crippen molar-refractivity contribution in [3.63, 3.8) is 0 Å². The van der Waals surface area contributed by atoms with Gasteiger partial charge in [-0.15, -0.1) is 0 Å². The Labute approximate surface area is 132 Å². The minimum atomic E-state index is 0.752. The quantitative estimate of drug-likeness (QED) is 0.785. The minimum absolute atomic E-state index is 0.752. The number of nitrogens with zero attached hydrogens (tertiary/aromatic N) is 1. The van der Waals surface area contributed by atoms with Gasteiger partial charge in [0.1, 0.15) is 5.75 Å². The lowest BCUT2D eigenvalue weighted by atomic mass is 10.1. The molecule has 0 aliphatic heterocycles. The van der Waals surface area contributed by atoms with Crippen LogP contribution in [0, 0.1) is 0 Å². The normalized spacial score (nSPS) is 10.6. The number of benzene rings is 2. The smallest absolute Gasteiger partial charge is 0.161 e. The topological polar surface area (TPSA) is 30.9 Å². The Kier molecular flexibility index (Phi) is 5.67. The zero-order chi connectivity index (χ0) is 15.9. The molecule has 0 fully saturated rings. The molecule has 0 aliphatic rings. The Morgan fingerprint density at radius 1 is 0.773 bits per heavy atom. The van der Waals surface area contributed by atoms with E-state index in [9.17, 15) is 0 Å². The Bertz CT molecular complexity index is 613. The van der Waals surface area contributed by atoms with Gasteiger partial charge in [0.05, 0.1) is 21.3 Å². The van der Waals surface area contributed by atoms with Gasteiger partial charge in [-0.2, -0.15) is 0 Å². The first kappa shape index (κ1) is 16.2. The molecule has 0 unspecified atom stereocenters. The van der Waals surface area contributed by atoms with E-state index in [2.05, 4.69) is 30.1 Å². The predicted octanol–water partition coefficient (Wildman–Crippen LogP) is 3.34. The molecule has 2 aromatic rings. The van der Waals surface area contributed by atoms with Crippen molar-refractivity contribution in [3.8, 4) is 17.2 Å². The van der Waals surface area contributed by atoms with E-state index >= 15 is 0 Å². The van der Waals surface area contributed by atoms with E-state index in [1.807, 2.05) is 24.3 Å². The third-order valence-corrected chi connectivity index (χ3v) is 3.49. The number of hydrogen-bond donors (Lipinski definition) is 0. The lowest BCUT2D eigenvalue weighted by molar-refractivity contribution is 0.315. The van der Waals surface area contributed by atoms with Crippen LogP contribution in [0.3, 0.4) is 0 Å². The minimum Gasteiger partial charge on any atom is -0.497 e. The summed E-state index contributed by atoms with van der Waals surface area (Å²) in [6.07, 6.45) is 0. The van der Waals surface area contributed by atoms with E-state index in [0.29, 0.717) is 0 Å². The van der Waals surface area contributed by atoms with Gasteiger partial charge < -0.3 is 14.2 Å². The molecule has 4 heteroatoms. The largest absolute Gasteiger partial charge is 0.497 e. The molecule has 0 atom stereocenters. The standard InChI is InChI=1S/C18H23NO3/c1-19(12-14-6-5-7-16(10-14)20-2)13-15-8-9-17(21-3)18(11-15)22-4/h5-11H,12-13H2,1-4H3. The van der Waals surface area contributed by atoms with Crippen LogP contribution in [0.5, 0.6) is 17.2 Å². The van der Waals surface area contributed by atoms with Crippen molar-refractivity contribution in [2.24, 2.45) is 0 Å². The summed E-state index contributed by atoms with van der Waals surface area (Å²) >= 11 is 0. The summed E-state index contributed by atoms with van der Waals surface area (Å²) in [7, 11) is 7.08. The number of methoxy groups -OCH3 is 3. The van der Waals surface area contributed by atoms with E-state index in [-0.39, 0.29) is 0 Å². The maximum absolute atomic E-state index is 5.35. The third kappa shape index (κ3) is 4.15. The molecule has 0 saturated carbocycles. The van der Waals surface area contributed by atoms with Gasteiger partial charge in [-0.25, -0.2) is 0 Å². The van der Waals surface area contributed by atoms with Crippen molar-refractivity contribution in [1.82, 2.24) is 4.90 Å². The molecule has 2 rings (SSSR count). The van der Waals surface area contributed by atoms with Gasteiger partial charge in [-0.3, -0.25) is 4.90 Å². The summed E-state index contributed by atoms with van der Waals surface area (Å²) in [5.41, 5.74) is 2.41. The molecule has 0 spiro atoms. The van der Waals surface area contributed by atoms with Crippen LogP contribution in [0.1, 0.15) is 11.1 Å². The van der Waals surface area contributed by atoms with Crippen LogP contribution in [-0.4, -0.2) is 33.3 Å². The molecule has 0 radical (unpaired) electrons. The SMILES string of the molecule is COc1cccc(CN(C)Cc2ccc(OC)c(OC)c2)c1. The molecule has 0 heterocycles. The third-order valence-electron chi connectivity index (χ3n) is 3.49. The Morgan fingerprint density at radius 2 is 1.45 bits per heavy atom. The number of hydrogen-bond acceptors (Lipinski definition) is 4. The molecule has 0 saturated heterocycles. The van der Waals surface area contributed by atoms with E-state index in [1.54, 1.807) is 21.3 Å². The summed E-state index contributed by atoms with van der Waals surface area (Å²) < 4.78 is 15.9. The van der Waals surface area contributed by atoms with Gasteiger partial charge in [0.25, 0.3) is 0 Å². The zero-order valence-corrected chi connectivity index (χ0v) is 13.6. The van der Waals surface area contributed by atoms with Gasteiger partial charge >= 0.3 is 0 Å². The molecule has 0 aliphatic carbocycles. The van der Waals surface area contributed by atoms with Crippen LogP contribution in [0.4, 0.5) is 0 Å². The highest BCUT2D eigenvalue weighted by Gasteiger charge is 2.07. The summed E-state index contributed by atoms with van der Waals surface area (Å²) in [4.78, 5) is 2.25. The monoisotopic (exact) mass is 301 g/mol. The van der Waals surface area contributed by atoms with Crippen molar-refractivity contribution < 1.29 is 14.2 Å². The van der Waals surface area contributed by atoms with Gasteiger partial charge in [0.15, 0.2) is 11.5 Å². The highest BCUT2D eigenvalue weighted by Crippen LogP contribution is 2.28. The molecule has 0 N–H and O–H groups in total. The molecule has 2 aromatic carbocycles.